The predicted octanol–water partition coefficient (Wildman–Crippen LogP) is 2.88. The predicted molar refractivity (Wildman–Crippen MR) is 147 cm³/mol. The van der Waals surface area contributed by atoms with Crippen molar-refractivity contribution in [2.75, 3.05) is 18.4 Å². The quantitative estimate of drug-likeness (QED) is 0.235. The Balaban J connectivity index is 1.30. The van der Waals surface area contributed by atoms with Crippen LogP contribution in [0.5, 0.6) is 0 Å². The number of nitrogens with one attached hydrogen (secondary N) is 4. The number of carbonyl (C=O) groups is 2. The SMILES string of the molecule is O=C(N[C@@H](Cc1nc2ccc(-c3cccc(NC4=NCCN4)c3)cc2c(=O)[nH]1)C(=O)O)OCc1ccccc1. The average molecular weight is 527 g/mol. The zero-order chi connectivity index (χ0) is 27.2. The lowest BCUT2D eigenvalue weighted by atomic mass is 10.0. The Morgan fingerprint density at radius 3 is 2.62 bits per heavy atom. The third kappa shape index (κ3) is 6.39. The van der Waals surface area contributed by atoms with Crippen LogP contribution in [0, 0.1) is 0 Å². The summed E-state index contributed by atoms with van der Waals surface area (Å²) < 4.78 is 5.12. The van der Waals surface area contributed by atoms with Gasteiger partial charge in [0, 0.05) is 18.7 Å². The molecule has 11 heteroatoms. The van der Waals surface area contributed by atoms with E-state index in [2.05, 4.69) is 30.9 Å². The second-order valence-corrected chi connectivity index (χ2v) is 8.91. The molecule has 0 spiro atoms. The minimum absolute atomic E-state index is 0.00296. The monoisotopic (exact) mass is 526 g/mol. The average Bonchev–Trinajstić information content (AvgIpc) is 3.45. The molecule has 0 bridgehead atoms. The third-order valence-electron chi connectivity index (χ3n) is 6.09. The van der Waals surface area contributed by atoms with Crippen molar-refractivity contribution < 1.29 is 19.4 Å². The lowest BCUT2D eigenvalue weighted by Gasteiger charge is -2.14. The molecule has 0 aliphatic carbocycles. The number of guanidine groups is 1. The van der Waals surface area contributed by atoms with Gasteiger partial charge in [0.05, 0.1) is 17.4 Å². The zero-order valence-electron chi connectivity index (χ0n) is 20.8. The molecule has 3 aromatic carbocycles. The van der Waals surface area contributed by atoms with Crippen LogP contribution in [0.2, 0.25) is 0 Å². The van der Waals surface area contributed by atoms with Crippen molar-refractivity contribution in [1.29, 1.82) is 0 Å². The number of rotatable bonds is 8. The van der Waals surface area contributed by atoms with Gasteiger partial charge in [-0.2, -0.15) is 0 Å². The molecule has 1 aliphatic rings. The van der Waals surface area contributed by atoms with E-state index in [1.807, 2.05) is 36.4 Å². The molecule has 1 amide bonds. The summed E-state index contributed by atoms with van der Waals surface area (Å²) >= 11 is 0. The Labute approximate surface area is 223 Å². The molecule has 1 aliphatic heterocycles. The van der Waals surface area contributed by atoms with Crippen molar-refractivity contribution >= 4 is 34.6 Å². The first kappa shape index (κ1) is 25.5. The molecule has 0 unspecified atom stereocenters. The van der Waals surface area contributed by atoms with Crippen molar-refractivity contribution in [3.8, 4) is 11.1 Å². The van der Waals surface area contributed by atoms with Crippen LogP contribution in [0.15, 0.2) is 82.6 Å². The van der Waals surface area contributed by atoms with Gasteiger partial charge in [0.25, 0.3) is 5.56 Å². The standard InChI is InChI=1S/C28H26N6O5/c35-25-21-14-19(18-7-4-8-20(13-18)31-27-29-11-12-30-27)9-10-22(21)32-24(34-25)15-23(26(36)37)33-28(38)39-16-17-5-2-1-3-6-17/h1-10,13-14,23H,11-12,15-16H2,(H,33,38)(H,36,37)(H2,29,30,31)(H,32,34,35)/t23-/m0/s1. The molecule has 2 heterocycles. The molecule has 1 aromatic heterocycles. The number of amides is 1. The van der Waals surface area contributed by atoms with Crippen molar-refractivity contribution in [3.63, 3.8) is 0 Å². The number of aliphatic carboxylic acids is 1. The Bertz CT molecular complexity index is 1600. The number of hydrogen-bond donors (Lipinski definition) is 5. The van der Waals surface area contributed by atoms with Crippen LogP contribution in [-0.4, -0.2) is 52.2 Å². The van der Waals surface area contributed by atoms with Crippen molar-refractivity contribution in [2.45, 2.75) is 19.1 Å². The topological polar surface area (TPSA) is 158 Å². The van der Waals surface area contributed by atoms with Gasteiger partial charge in [0.2, 0.25) is 0 Å². The highest BCUT2D eigenvalue weighted by Crippen LogP contribution is 2.25. The zero-order valence-corrected chi connectivity index (χ0v) is 20.8. The normalized spacial score (nSPS) is 13.3. The second kappa shape index (κ2) is 11.5. The highest BCUT2D eigenvalue weighted by molar-refractivity contribution is 5.95. The Kier molecular flexibility index (Phi) is 7.48. The van der Waals surface area contributed by atoms with E-state index in [0.717, 1.165) is 41.4 Å². The molecule has 0 saturated carbocycles. The fourth-order valence-corrected chi connectivity index (χ4v) is 4.16. The van der Waals surface area contributed by atoms with E-state index in [1.165, 1.54) is 0 Å². The smallest absolute Gasteiger partial charge is 0.408 e. The van der Waals surface area contributed by atoms with E-state index >= 15 is 0 Å². The number of benzene rings is 3. The lowest BCUT2D eigenvalue weighted by molar-refractivity contribution is -0.139. The summed E-state index contributed by atoms with van der Waals surface area (Å²) in [6, 6.07) is 20.7. The third-order valence-corrected chi connectivity index (χ3v) is 6.09. The van der Waals surface area contributed by atoms with Gasteiger partial charge in [0.1, 0.15) is 18.5 Å². The first-order chi connectivity index (χ1) is 18.9. The van der Waals surface area contributed by atoms with Crippen LogP contribution in [-0.2, 0) is 22.6 Å². The van der Waals surface area contributed by atoms with Crippen molar-refractivity contribution in [3.05, 3.63) is 94.5 Å². The molecule has 5 rings (SSSR count). The van der Waals surface area contributed by atoms with E-state index in [1.54, 1.807) is 36.4 Å². The first-order valence-corrected chi connectivity index (χ1v) is 12.3. The molecule has 11 nitrogen and oxygen atoms in total. The number of H-pyrrole nitrogens is 1. The van der Waals surface area contributed by atoms with Crippen molar-refractivity contribution in [1.82, 2.24) is 20.6 Å². The molecular formula is C28H26N6O5. The van der Waals surface area contributed by atoms with Crippen LogP contribution < -0.4 is 21.5 Å². The Morgan fingerprint density at radius 2 is 1.85 bits per heavy atom. The number of ether oxygens (including phenoxy) is 1. The van der Waals surface area contributed by atoms with Gasteiger partial charge in [-0.25, -0.2) is 14.6 Å². The van der Waals surface area contributed by atoms with Crippen LogP contribution in [0.3, 0.4) is 0 Å². The fraction of sp³-hybridized carbons (Fsp3) is 0.179. The number of aromatic amines is 1. The maximum Gasteiger partial charge on any atom is 0.408 e. The van der Waals surface area contributed by atoms with Gasteiger partial charge in [0.15, 0.2) is 5.96 Å². The molecule has 1 atom stereocenters. The molecular weight excluding hydrogens is 500 g/mol. The summed E-state index contributed by atoms with van der Waals surface area (Å²) in [5.41, 5.74) is 3.34. The van der Waals surface area contributed by atoms with E-state index in [0.29, 0.717) is 10.9 Å². The Morgan fingerprint density at radius 1 is 1.03 bits per heavy atom. The second-order valence-electron chi connectivity index (χ2n) is 8.91. The molecule has 5 N–H and O–H groups in total. The van der Waals surface area contributed by atoms with Crippen LogP contribution >= 0.6 is 0 Å². The van der Waals surface area contributed by atoms with Crippen LogP contribution in [0.4, 0.5) is 10.5 Å². The van der Waals surface area contributed by atoms with Gasteiger partial charge >= 0.3 is 12.1 Å². The number of nitrogens with zero attached hydrogens (tertiary/aromatic N) is 2. The van der Waals surface area contributed by atoms with E-state index < -0.39 is 23.7 Å². The van der Waals surface area contributed by atoms with Crippen LogP contribution in [0.25, 0.3) is 22.0 Å². The molecule has 39 heavy (non-hydrogen) atoms. The van der Waals surface area contributed by atoms with E-state index in [-0.39, 0.29) is 18.9 Å². The molecule has 0 saturated heterocycles. The maximum absolute atomic E-state index is 12.9. The number of carbonyl (C=O) groups excluding carboxylic acids is 1. The minimum Gasteiger partial charge on any atom is -0.480 e. The van der Waals surface area contributed by atoms with E-state index in [4.69, 9.17) is 4.74 Å². The number of anilines is 1. The number of carboxylic acid groups (broad SMARTS) is 1. The molecule has 0 radical (unpaired) electrons. The summed E-state index contributed by atoms with van der Waals surface area (Å²) in [6.07, 6.45) is -1.11. The maximum atomic E-state index is 12.9. The van der Waals surface area contributed by atoms with Crippen LogP contribution in [0.1, 0.15) is 11.4 Å². The highest BCUT2D eigenvalue weighted by atomic mass is 16.5. The molecule has 198 valence electrons. The van der Waals surface area contributed by atoms with Gasteiger partial charge < -0.3 is 30.8 Å². The number of carboxylic acids is 1. The largest absolute Gasteiger partial charge is 0.480 e. The fourth-order valence-electron chi connectivity index (χ4n) is 4.16. The highest BCUT2D eigenvalue weighted by Gasteiger charge is 2.23. The van der Waals surface area contributed by atoms with E-state index in [9.17, 15) is 19.5 Å². The van der Waals surface area contributed by atoms with Crippen molar-refractivity contribution in [2.24, 2.45) is 4.99 Å². The van der Waals surface area contributed by atoms with Gasteiger partial charge in [-0.05, 0) is 41.0 Å². The lowest BCUT2D eigenvalue weighted by Crippen LogP contribution is -2.43. The van der Waals surface area contributed by atoms with Gasteiger partial charge in [-0.1, -0.05) is 48.5 Å². The molecule has 0 fully saturated rings. The van der Waals surface area contributed by atoms with Gasteiger partial charge in [-0.3, -0.25) is 9.79 Å². The summed E-state index contributed by atoms with van der Waals surface area (Å²) in [6.45, 7) is 1.52. The minimum atomic E-state index is -1.35. The number of hydrogen-bond acceptors (Lipinski definition) is 8. The number of fused-ring (bicyclic) bond motifs is 1. The number of aliphatic imine (C=N–C) groups is 1. The van der Waals surface area contributed by atoms with Gasteiger partial charge in [-0.15, -0.1) is 0 Å². The summed E-state index contributed by atoms with van der Waals surface area (Å²) in [7, 11) is 0. The summed E-state index contributed by atoms with van der Waals surface area (Å²) in [5.74, 6) is -0.429. The Hall–Kier alpha value is -5.19. The summed E-state index contributed by atoms with van der Waals surface area (Å²) in [4.78, 5) is 48.3. The number of aromatic nitrogens is 2. The first-order valence-electron chi connectivity index (χ1n) is 12.3. The summed E-state index contributed by atoms with van der Waals surface area (Å²) in [5, 5.41) is 18.7. The number of alkyl carbamates (subject to hydrolysis) is 1. The molecule has 4 aromatic rings.